The van der Waals surface area contributed by atoms with Crippen molar-refractivity contribution >= 4 is 22.6 Å². The van der Waals surface area contributed by atoms with Crippen LogP contribution in [-0.4, -0.2) is 37.4 Å². The van der Waals surface area contributed by atoms with E-state index >= 15 is 0 Å². The number of methoxy groups -OCH3 is 3. The Hall–Kier alpha value is -4.00. The number of H-pyrrole nitrogens is 1. The predicted molar refractivity (Wildman–Crippen MR) is 125 cm³/mol. The molecule has 4 rings (SSSR count). The highest BCUT2D eigenvalue weighted by molar-refractivity contribution is 6.08. The fraction of sp³-hybridized carbons (Fsp3) is 0.200. The van der Waals surface area contributed by atoms with Gasteiger partial charge in [-0.25, -0.2) is 0 Å². The number of aromatic nitrogens is 2. The highest BCUT2D eigenvalue weighted by Gasteiger charge is 2.18. The lowest BCUT2D eigenvalue weighted by Crippen LogP contribution is -2.13. The van der Waals surface area contributed by atoms with Gasteiger partial charge in [0, 0.05) is 10.9 Å². The molecule has 0 aliphatic rings. The van der Waals surface area contributed by atoms with Crippen LogP contribution in [0.4, 0.5) is 5.82 Å². The molecule has 0 atom stereocenters. The van der Waals surface area contributed by atoms with Gasteiger partial charge in [0.1, 0.15) is 0 Å². The number of benzene rings is 3. The van der Waals surface area contributed by atoms with Crippen molar-refractivity contribution in [3.63, 3.8) is 0 Å². The number of aromatic amines is 1. The van der Waals surface area contributed by atoms with Crippen LogP contribution in [0.1, 0.15) is 21.5 Å². The summed E-state index contributed by atoms with van der Waals surface area (Å²) in [5, 5.41) is 11.0. The number of ether oxygens (including phenoxy) is 3. The average Bonchev–Trinajstić information content (AvgIpc) is 3.21. The second-order valence-corrected chi connectivity index (χ2v) is 7.52. The third-order valence-corrected chi connectivity index (χ3v) is 5.43. The van der Waals surface area contributed by atoms with Crippen molar-refractivity contribution in [3.05, 3.63) is 65.2 Å². The fourth-order valence-corrected chi connectivity index (χ4v) is 3.72. The van der Waals surface area contributed by atoms with Crippen LogP contribution >= 0.6 is 0 Å². The molecular weight excluding hydrogens is 406 g/mol. The molecule has 32 heavy (non-hydrogen) atoms. The number of nitrogens with zero attached hydrogens (tertiary/aromatic N) is 1. The third kappa shape index (κ3) is 3.85. The number of anilines is 1. The molecule has 0 aliphatic heterocycles. The maximum absolute atomic E-state index is 12.9. The van der Waals surface area contributed by atoms with Crippen LogP contribution in [0.3, 0.4) is 0 Å². The van der Waals surface area contributed by atoms with E-state index in [0.29, 0.717) is 28.6 Å². The summed E-state index contributed by atoms with van der Waals surface area (Å²) in [6.07, 6.45) is 0. The summed E-state index contributed by atoms with van der Waals surface area (Å²) in [6.45, 7) is 4.17. The number of amides is 1. The zero-order chi connectivity index (χ0) is 22.8. The quantitative estimate of drug-likeness (QED) is 0.442. The van der Waals surface area contributed by atoms with E-state index in [1.54, 1.807) is 12.1 Å². The number of aryl methyl sites for hydroxylation is 2. The van der Waals surface area contributed by atoms with Gasteiger partial charge in [-0.3, -0.25) is 9.89 Å². The van der Waals surface area contributed by atoms with Gasteiger partial charge in [-0.2, -0.15) is 5.10 Å². The minimum atomic E-state index is -0.337. The van der Waals surface area contributed by atoms with E-state index in [0.717, 1.165) is 16.5 Å². The number of carbonyl (C=O) groups is 1. The molecule has 0 saturated heterocycles. The van der Waals surface area contributed by atoms with E-state index in [-0.39, 0.29) is 5.91 Å². The van der Waals surface area contributed by atoms with Crippen molar-refractivity contribution in [3.8, 4) is 28.4 Å². The van der Waals surface area contributed by atoms with E-state index in [4.69, 9.17) is 14.2 Å². The Kier molecular flexibility index (Phi) is 5.73. The Bertz CT molecular complexity index is 1290. The van der Waals surface area contributed by atoms with Gasteiger partial charge in [0.2, 0.25) is 5.75 Å². The molecule has 7 heteroatoms. The molecule has 3 aromatic carbocycles. The summed E-state index contributed by atoms with van der Waals surface area (Å²) in [4.78, 5) is 12.9. The van der Waals surface area contributed by atoms with Gasteiger partial charge in [-0.15, -0.1) is 0 Å². The minimum Gasteiger partial charge on any atom is -0.493 e. The van der Waals surface area contributed by atoms with Crippen molar-refractivity contribution in [2.75, 3.05) is 26.6 Å². The zero-order valence-electron chi connectivity index (χ0n) is 18.7. The monoisotopic (exact) mass is 431 g/mol. The number of fused-ring (bicyclic) bond motifs is 1. The summed E-state index contributed by atoms with van der Waals surface area (Å²) < 4.78 is 16.0. The molecule has 0 bridgehead atoms. The largest absolute Gasteiger partial charge is 0.493 e. The molecule has 0 radical (unpaired) electrons. The first-order chi connectivity index (χ1) is 15.4. The van der Waals surface area contributed by atoms with Crippen LogP contribution in [0.15, 0.2) is 48.5 Å². The third-order valence-electron chi connectivity index (χ3n) is 5.43. The molecule has 4 aromatic rings. The number of hydrogen-bond acceptors (Lipinski definition) is 5. The smallest absolute Gasteiger partial charge is 0.257 e. The van der Waals surface area contributed by atoms with Crippen molar-refractivity contribution in [2.24, 2.45) is 0 Å². The molecule has 0 aliphatic carbocycles. The Morgan fingerprint density at radius 3 is 2.28 bits per heavy atom. The van der Waals surface area contributed by atoms with Crippen LogP contribution in [0.2, 0.25) is 0 Å². The van der Waals surface area contributed by atoms with Crippen molar-refractivity contribution in [1.82, 2.24) is 10.2 Å². The van der Waals surface area contributed by atoms with Crippen molar-refractivity contribution < 1.29 is 19.0 Å². The average molecular weight is 431 g/mol. The second-order valence-electron chi connectivity index (χ2n) is 7.52. The Morgan fingerprint density at radius 2 is 1.62 bits per heavy atom. The molecule has 1 heterocycles. The normalized spacial score (nSPS) is 10.8. The Labute approximate surface area is 186 Å². The van der Waals surface area contributed by atoms with Crippen molar-refractivity contribution in [2.45, 2.75) is 13.8 Å². The van der Waals surface area contributed by atoms with Gasteiger partial charge < -0.3 is 19.5 Å². The van der Waals surface area contributed by atoms with Gasteiger partial charge >= 0.3 is 0 Å². The van der Waals surface area contributed by atoms with E-state index < -0.39 is 0 Å². The number of rotatable bonds is 6. The summed E-state index contributed by atoms with van der Waals surface area (Å²) >= 11 is 0. The van der Waals surface area contributed by atoms with E-state index in [9.17, 15) is 4.79 Å². The Balaban J connectivity index is 1.65. The van der Waals surface area contributed by atoms with Crippen LogP contribution in [0.5, 0.6) is 17.2 Å². The topological polar surface area (TPSA) is 85.5 Å². The highest BCUT2D eigenvalue weighted by atomic mass is 16.5. The molecule has 7 nitrogen and oxygen atoms in total. The second kappa shape index (κ2) is 8.63. The number of hydrogen-bond donors (Lipinski definition) is 2. The molecule has 0 spiro atoms. The molecule has 1 aromatic heterocycles. The first kappa shape index (κ1) is 21.2. The zero-order valence-corrected chi connectivity index (χ0v) is 18.7. The Morgan fingerprint density at radius 1 is 0.906 bits per heavy atom. The lowest BCUT2D eigenvalue weighted by Gasteiger charge is -2.13. The SMILES string of the molecule is COc1cc(C(=O)Nc2n[nH]c3cc(-c4cc(C)ccc4C)ccc23)cc(OC)c1OC. The first-order valence-corrected chi connectivity index (χ1v) is 10.1. The molecule has 0 unspecified atom stereocenters. The summed E-state index contributed by atoms with van der Waals surface area (Å²) in [7, 11) is 4.53. The van der Waals surface area contributed by atoms with Crippen LogP contribution in [0.25, 0.3) is 22.0 Å². The van der Waals surface area contributed by atoms with Crippen LogP contribution in [-0.2, 0) is 0 Å². The van der Waals surface area contributed by atoms with Crippen molar-refractivity contribution in [1.29, 1.82) is 0 Å². The lowest BCUT2D eigenvalue weighted by molar-refractivity contribution is 0.102. The van der Waals surface area contributed by atoms with Gasteiger partial charge in [-0.1, -0.05) is 29.8 Å². The highest BCUT2D eigenvalue weighted by Crippen LogP contribution is 2.38. The maximum Gasteiger partial charge on any atom is 0.257 e. The fourth-order valence-electron chi connectivity index (χ4n) is 3.72. The van der Waals surface area contributed by atoms with Gasteiger partial charge in [0.15, 0.2) is 17.3 Å². The number of carbonyl (C=O) groups excluding carboxylic acids is 1. The summed E-state index contributed by atoms with van der Waals surface area (Å²) in [5.74, 6) is 1.35. The predicted octanol–water partition coefficient (Wildman–Crippen LogP) is 5.12. The standard InChI is InChI=1S/C25H25N3O4/c1-14-6-7-15(2)19(10-14)16-8-9-18-20(11-16)27-28-24(18)26-25(29)17-12-21(30-3)23(32-5)22(13-17)31-4/h6-13H,1-5H3,(H2,26,27,28,29). The first-order valence-electron chi connectivity index (χ1n) is 10.1. The number of nitrogens with one attached hydrogen (secondary N) is 2. The molecule has 0 fully saturated rings. The van der Waals surface area contributed by atoms with Gasteiger partial charge in [0.05, 0.1) is 26.8 Å². The van der Waals surface area contributed by atoms with Crippen LogP contribution in [0, 0.1) is 13.8 Å². The van der Waals surface area contributed by atoms with E-state index in [1.165, 1.54) is 38.0 Å². The van der Waals surface area contributed by atoms with Gasteiger partial charge in [0.25, 0.3) is 5.91 Å². The van der Waals surface area contributed by atoms with Gasteiger partial charge in [-0.05, 0) is 54.8 Å². The maximum atomic E-state index is 12.9. The summed E-state index contributed by atoms with van der Waals surface area (Å²) in [5.41, 5.74) is 5.86. The molecule has 164 valence electrons. The molecule has 1 amide bonds. The molecule has 2 N–H and O–H groups in total. The lowest BCUT2D eigenvalue weighted by atomic mass is 9.98. The summed E-state index contributed by atoms with van der Waals surface area (Å²) in [6, 6.07) is 15.6. The molecule has 0 saturated carbocycles. The van der Waals surface area contributed by atoms with E-state index in [1.807, 2.05) is 18.2 Å². The van der Waals surface area contributed by atoms with Crippen LogP contribution < -0.4 is 19.5 Å². The van der Waals surface area contributed by atoms with E-state index in [2.05, 4.69) is 47.6 Å². The minimum absolute atomic E-state index is 0.337. The molecular formula is C25H25N3O4.